The zero-order chi connectivity index (χ0) is 17.1. The second-order valence-corrected chi connectivity index (χ2v) is 5.02. The topological polar surface area (TPSA) is 103 Å². The first-order valence-electron chi connectivity index (χ1n) is 7.55. The summed E-state index contributed by atoms with van der Waals surface area (Å²) >= 11 is 0. The Kier molecular flexibility index (Phi) is 4.32. The molecule has 0 spiro atoms. The van der Waals surface area contributed by atoms with E-state index in [1.807, 2.05) is 18.7 Å². The summed E-state index contributed by atoms with van der Waals surface area (Å²) in [5.41, 5.74) is 0.463. The molecule has 1 aliphatic heterocycles. The molecule has 1 aromatic heterocycles. The number of anilines is 3. The fourth-order valence-corrected chi connectivity index (χ4v) is 2.49. The Labute approximate surface area is 138 Å². The standard InChI is InChI=1S/C15H17N5O4/c1-3-19(4-2)15-13(20(21)22)14(16-8-17-15)18-10-5-6-11-12(7-10)24-9-23-11/h5-8H,3-4,9H2,1-2H3,(H,16,17,18). The van der Waals surface area contributed by atoms with Gasteiger partial charge in [0.2, 0.25) is 18.4 Å². The summed E-state index contributed by atoms with van der Waals surface area (Å²) < 4.78 is 10.6. The minimum absolute atomic E-state index is 0.135. The smallest absolute Gasteiger partial charge is 0.353 e. The Balaban J connectivity index is 1.98. The average molecular weight is 331 g/mol. The molecule has 0 fully saturated rings. The fourth-order valence-electron chi connectivity index (χ4n) is 2.49. The first-order chi connectivity index (χ1) is 11.6. The van der Waals surface area contributed by atoms with Gasteiger partial charge in [0.1, 0.15) is 6.33 Å². The van der Waals surface area contributed by atoms with Crippen molar-refractivity contribution in [3.63, 3.8) is 0 Å². The highest BCUT2D eigenvalue weighted by atomic mass is 16.7. The van der Waals surface area contributed by atoms with E-state index in [9.17, 15) is 10.1 Å². The third-order valence-electron chi connectivity index (χ3n) is 3.68. The van der Waals surface area contributed by atoms with Crippen LogP contribution in [0.15, 0.2) is 24.5 Å². The normalized spacial score (nSPS) is 12.1. The average Bonchev–Trinajstić information content (AvgIpc) is 3.03. The van der Waals surface area contributed by atoms with Crippen LogP contribution in [0, 0.1) is 10.1 Å². The van der Waals surface area contributed by atoms with Crippen LogP contribution in [-0.2, 0) is 0 Å². The molecule has 1 aliphatic rings. The number of nitrogens with zero attached hydrogens (tertiary/aromatic N) is 4. The second kappa shape index (κ2) is 6.57. The molecule has 9 nitrogen and oxygen atoms in total. The summed E-state index contributed by atoms with van der Waals surface area (Å²) in [6.45, 7) is 5.22. The van der Waals surface area contributed by atoms with Gasteiger partial charge >= 0.3 is 5.69 Å². The molecule has 0 saturated carbocycles. The number of hydrogen-bond acceptors (Lipinski definition) is 8. The molecule has 0 atom stereocenters. The highest BCUT2D eigenvalue weighted by Crippen LogP contribution is 2.37. The van der Waals surface area contributed by atoms with Crippen LogP contribution in [0.4, 0.5) is 23.0 Å². The molecule has 0 unspecified atom stereocenters. The molecule has 0 bridgehead atoms. The summed E-state index contributed by atoms with van der Waals surface area (Å²) in [4.78, 5) is 21.0. The predicted molar refractivity (Wildman–Crippen MR) is 88.1 cm³/mol. The molecule has 1 aromatic carbocycles. The van der Waals surface area contributed by atoms with Crippen molar-refractivity contribution in [2.24, 2.45) is 0 Å². The van der Waals surface area contributed by atoms with Gasteiger partial charge in [-0.15, -0.1) is 0 Å². The molecule has 1 N–H and O–H groups in total. The van der Waals surface area contributed by atoms with E-state index in [1.54, 1.807) is 18.2 Å². The number of hydrogen-bond donors (Lipinski definition) is 1. The first-order valence-corrected chi connectivity index (χ1v) is 7.55. The minimum atomic E-state index is -0.469. The van der Waals surface area contributed by atoms with Crippen LogP contribution in [-0.4, -0.2) is 34.8 Å². The van der Waals surface area contributed by atoms with Gasteiger partial charge in [-0.2, -0.15) is 0 Å². The zero-order valence-corrected chi connectivity index (χ0v) is 13.4. The maximum atomic E-state index is 11.6. The van der Waals surface area contributed by atoms with Crippen LogP contribution in [0.1, 0.15) is 13.8 Å². The van der Waals surface area contributed by atoms with E-state index < -0.39 is 4.92 Å². The highest BCUT2D eigenvalue weighted by Gasteiger charge is 2.26. The number of ether oxygens (including phenoxy) is 2. The largest absolute Gasteiger partial charge is 0.454 e. The third kappa shape index (κ3) is 2.87. The minimum Gasteiger partial charge on any atom is -0.454 e. The Morgan fingerprint density at radius 3 is 2.71 bits per heavy atom. The molecule has 2 heterocycles. The maximum Gasteiger partial charge on any atom is 0.353 e. The fraction of sp³-hybridized carbons (Fsp3) is 0.333. The number of nitrogens with one attached hydrogen (secondary N) is 1. The van der Waals surface area contributed by atoms with Crippen molar-refractivity contribution in [2.75, 3.05) is 30.1 Å². The quantitative estimate of drug-likeness (QED) is 0.636. The van der Waals surface area contributed by atoms with Gasteiger partial charge in [-0.1, -0.05) is 0 Å². The Bertz CT molecular complexity index is 764. The van der Waals surface area contributed by atoms with Crippen molar-refractivity contribution < 1.29 is 14.4 Å². The van der Waals surface area contributed by atoms with E-state index in [0.717, 1.165) is 0 Å². The van der Waals surface area contributed by atoms with E-state index in [1.165, 1.54) is 6.33 Å². The molecule has 0 saturated heterocycles. The molecule has 9 heteroatoms. The maximum absolute atomic E-state index is 11.6. The van der Waals surface area contributed by atoms with Crippen LogP contribution >= 0.6 is 0 Å². The molecule has 0 aliphatic carbocycles. The SMILES string of the molecule is CCN(CC)c1ncnc(Nc2ccc3c(c2)OCO3)c1[N+](=O)[O-]. The highest BCUT2D eigenvalue weighted by molar-refractivity contribution is 5.75. The summed E-state index contributed by atoms with van der Waals surface area (Å²) in [6, 6.07) is 5.20. The van der Waals surface area contributed by atoms with Crippen LogP contribution in [0.5, 0.6) is 11.5 Å². The number of nitro groups is 1. The van der Waals surface area contributed by atoms with Gasteiger partial charge in [-0.3, -0.25) is 10.1 Å². The predicted octanol–water partition coefficient (Wildman–Crippen LogP) is 2.70. The van der Waals surface area contributed by atoms with Gasteiger partial charge < -0.3 is 19.7 Å². The molecular formula is C15H17N5O4. The monoisotopic (exact) mass is 331 g/mol. The number of aromatic nitrogens is 2. The molecule has 24 heavy (non-hydrogen) atoms. The van der Waals surface area contributed by atoms with E-state index in [0.29, 0.717) is 36.1 Å². The molecule has 3 rings (SSSR count). The first kappa shape index (κ1) is 15.8. The van der Waals surface area contributed by atoms with E-state index in [-0.39, 0.29) is 18.3 Å². The van der Waals surface area contributed by atoms with E-state index in [2.05, 4.69) is 15.3 Å². The summed E-state index contributed by atoms with van der Waals surface area (Å²) in [5.74, 6) is 1.65. The Hall–Kier alpha value is -3.10. The van der Waals surface area contributed by atoms with E-state index in [4.69, 9.17) is 9.47 Å². The van der Waals surface area contributed by atoms with Crippen molar-refractivity contribution >= 4 is 23.0 Å². The number of fused-ring (bicyclic) bond motifs is 1. The van der Waals surface area contributed by atoms with Crippen molar-refractivity contribution in [3.8, 4) is 11.5 Å². The Morgan fingerprint density at radius 1 is 1.25 bits per heavy atom. The van der Waals surface area contributed by atoms with Gasteiger partial charge in [-0.05, 0) is 26.0 Å². The van der Waals surface area contributed by atoms with E-state index >= 15 is 0 Å². The lowest BCUT2D eigenvalue weighted by atomic mass is 10.2. The molecule has 0 radical (unpaired) electrons. The van der Waals surface area contributed by atoms with Crippen molar-refractivity contribution in [2.45, 2.75) is 13.8 Å². The zero-order valence-electron chi connectivity index (χ0n) is 13.4. The van der Waals surface area contributed by atoms with Gasteiger partial charge in [0, 0.05) is 24.8 Å². The Morgan fingerprint density at radius 2 is 2.00 bits per heavy atom. The molecular weight excluding hydrogens is 314 g/mol. The van der Waals surface area contributed by atoms with Crippen LogP contribution in [0.2, 0.25) is 0 Å². The molecule has 0 amide bonds. The van der Waals surface area contributed by atoms with Crippen LogP contribution in [0.25, 0.3) is 0 Å². The summed E-state index contributed by atoms with van der Waals surface area (Å²) in [7, 11) is 0. The second-order valence-electron chi connectivity index (χ2n) is 5.02. The summed E-state index contributed by atoms with van der Waals surface area (Å²) in [6.07, 6.45) is 1.32. The number of rotatable bonds is 6. The third-order valence-corrected chi connectivity index (χ3v) is 3.68. The lowest BCUT2D eigenvalue weighted by Gasteiger charge is -2.20. The van der Waals surface area contributed by atoms with Gasteiger partial charge in [0.15, 0.2) is 11.5 Å². The number of benzene rings is 1. The van der Waals surface area contributed by atoms with Crippen LogP contribution < -0.4 is 19.7 Å². The van der Waals surface area contributed by atoms with Crippen molar-refractivity contribution in [3.05, 3.63) is 34.6 Å². The van der Waals surface area contributed by atoms with Gasteiger partial charge in [0.05, 0.1) is 4.92 Å². The van der Waals surface area contributed by atoms with Crippen LogP contribution in [0.3, 0.4) is 0 Å². The summed E-state index contributed by atoms with van der Waals surface area (Å²) in [5, 5.41) is 14.5. The lowest BCUT2D eigenvalue weighted by Crippen LogP contribution is -2.24. The van der Waals surface area contributed by atoms with Crippen molar-refractivity contribution in [1.82, 2.24) is 9.97 Å². The van der Waals surface area contributed by atoms with Gasteiger partial charge in [-0.25, -0.2) is 9.97 Å². The van der Waals surface area contributed by atoms with Crippen molar-refractivity contribution in [1.29, 1.82) is 0 Å². The lowest BCUT2D eigenvalue weighted by molar-refractivity contribution is -0.383. The molecule has 126 valence electrons. The van der Waals surface area contributed by atoms with Gasteiger partial charge in [0.25, 0.3) is 0 Å². The molecule has 2 aromatic rings.